The standard InChI is InChI=1S/C20H19ClN2O4S/c1-26-17-9-12(7-8-18(17)28(2,24)25)10-19-22-20(27-23-19)15-11-14(15)13-5-3-4-6-16(13)21/h3-9,14-15H,10-11H2,1-2H3. The molecule has 4 rings (SSSR count). The van der Waals surface area contributed by atoms with Crippen molar-refractivity contribution in [1.82, 2.24) is 10.1 Å². The van der Waals surface area contributed by atoms with Gasteiger partial charge in [0.05, 0.1) is 7.11 Å². The van der Waals surface area contributed by atoms with Gasteiger partial charge in [0.2, 0.25) is 5.89 Å². The van der Waals surface area contributed by atoms with Crippen molar-refractivity contribution in [3.8, 4) is 5.75 Å². The van der Waals surface area contributed by atoms with Gasteiger partial charge in [0.1, 0.15) is 10.6 Å². The summed E-state index contributed by atoms with van der Waals surface area (Å²) in [7, 11) is -1.91. The fraction of sp³-hybridized carbons (Fsp3) is 0.300. The highest BCUT2D eigenvalue weighted by Gasteiger charge is 2.44. The molecule has 6 nitrogen and oxygen atoms in total. The number of ether oxygens (including phenoxy) is 1. The number of halogens is 1. The fourth-order valence-corrected chi connectivity index (χ4v) is 4.49. The maximum atomic E-state index is 11.8. The number of hydrogen-bond acceptors (Lipinski definition) is 6. The van der Waals surface area contributed by atoms with Crippen LogP contribution >= 0.6 is 11.6 Å². The Morgan fingerprint density at radius 3 is 2.71 bits per heavy atom. The number of nitrogens with zero attached hydrogens (tertiary/aromatic N) is 2. The van der Waals surface area contributed by atoms with E-state index in [1.165, 1.54) is 7.11 Å². The van der Waals surface area contributed by atoms with Gasteiger partial charge in [0, 0.05) is 23.6 Å². The lowest BCUT2D eigenvalue weighted by Crippen LogP contribution is -2.02. The van der Waals surface area contributed by atoms with Gasteiger partial charge in [0.25, 0.3) is 0 Å². The number of sulfone groups is 1. The molecule has 8 heteroatoms. The summed E-state index contributed by atoms with van der Waals surface area (Å²) in [5.41, 5.74) is 1.95. The molecule has 1 aliphatic rings. The van der Waals surface area contributed by atoms with E-state index in [1.807, 2.05) is 24.3 Å². The lowest BCUT2D eigenvalue weighted by Gasteiger charge is -2.08. The molecule has 0 saturated heterocycles. The SMILES string of the molecule is COc1cc(Cc2noc(C3CC3c3ccccc3Cl)n2)ccc1S(C)(=O)=O. The van der Waals surface area contributed by atoms with Crippen molar-refractivity contribution in [2.75, 3.05) is 13.4 Å². The molecule has 2 aromatic carbocycles. The Hall–Kier alpha value is -2.38. The van der Waals surface area contributed by atoms with Crippen LogP contribution in [0.25, 0.3) is 0 Å². The predicted molar refractivity (Wildman–Crippen MR) is 105 cm³/mol. The van der Waals surface area contributed by atoms with Gasteiger partial charge in [-0.3, -0.25) is 0 Å². The highest BCUT2D eigenvalue weighted by atomic mass is 35.5. The maximum Gasteiger partial charge on any atom is 0.230 e. The first kappa shape index (κ1) is 19.0. The Kier molecular flexibility index (Phi) is 4.89. The maximum absolute atomic E-state index is 11.8. The normalized spacial score (nSPS) is 18.8. The van der Waals surface area contributed by atoms with Crippen LogP contribution in [0.3, 0.4) is 0 Å². The molecule has 2 atom stereocenters. The average Bonchev–Trinajstić information content (AvgIpc) is 3.32. The van der Waals surface area contributed by atoms with E-state index < -0.39 is 9.84 Å². The van der Waals surface area contributed by atoms with Crippen molar-refractivity contribution >= 4 is 21.4 Å². The number of methoxy groups -OCH3 is 1. The third kappa shape index (κ3) is 3.77. The first-order chi connectivity index (χ1) is 13.4. The number of benzene rings is 2. The summed E-state index contributed by atoms with van der Waals surface area (Å²) in [4.78, 5) is 4.68. The molecule has 1 aromatic heterocycles. The van der Waals surface area contributed by atoms with Crippen molar-refractivity contribution in [2.24, 2.45) is 0 Å². The van der Waals surface area contributed by atoms with Crippen LogP contribution in [0.15, 0.2) is 51.9 Å². The quantitative estimate of drug-likeness (QED) is 0.601. The van der Waals surface area contributed by atoms with E-state index in [-0.39, 0.29) is 10.8 Å². The molecule has 1 saturated carbocycles. The molecule has 3 aromatic rings. The van der Waals surface area contributed by atoms with Crippen molar-refractivity contribution in [2.45, 2.75) is 29.6 Å². The van der Waals surface area contributed by atoms with Crippen LogP contribution in [-0.4, -0.2) is 31.9 Å². The van der Waals surface area contributed by atoms with Gasteiger partial charge in [0.15, 0.2) is 15.7 Å². The van der Waals surface area contributed by atoms with Gasteiger partial charge in [-0.2, -0.15) is 4.98 Å². The molecule has 0 bridgehead atoms. The molecule has 0 aliphatic heterocycles. The topological polar surface area (TPSA) is 82.3 Å². The summed E-state index contributed by atoms with van der Waals surface area (Å²) in [6, 6.07) is 12.8. The molecule has 146 valence electrons. The Morgan fingerprint density at radius 2 is 2.00 bits per heavy atom. The molecule has 1 heterocycles. The van der Waals surface area contributed by atoms with E-state index in [1.54, 1.807) is 18.2 Å². The van der Waals surface area contributed by atoms with Gasteiger partial charge in [-0.1, -0.05) is 41.0 Å². The molecular weight excluding hydrogens is 400 g/mol. The minimum absolute atomic E-state index is 0.160. The van der Waals surface area contributed by atoms with Crippen molar-refractivity contribution in [3.63, 3.8) is 0 Å². The van der Waals surface area contributed by atoms with Crippen LogP contribution in [0.2, 0.25) is 5.02 Å². The second kappa shape index (κ2) is 7.22. The fourth-order valence-electron chi connectivity index (χ4n) is 3.39. The second-order valence-electron chi connectivity index (χ2n) is 6.95. The molecule has 1 fully saturated rings. The second-order valence-corrected chi connectivity index (χ2v) is 9.34. The van der Waals surface area contributed by atoms with Crippen LogP contribution in [0, 0.1) is 0 Å². The molecular formula is C20H19ClN2O4S. The molecule has 0 radical (unpaired) electrons. The molecule has 0 N–H and O–H groups in total. The Labute approximate surface area is 168 Å². The first-order valence-corrected chi connectivity index (χ1v) is 11.1. The van der Waals surface area contributed by atoms with Crippen LogP contribution in [-0.2, 0) is 16.3 Å². The van der Waals surface area contributed by atoms with Crippen LogP contribution in [0.4, 0.5) is 0 Å². The van der Waals surface area contributed by atoms with Gasteiger partial charge >= 0.3 is 0 Å². The van der Waals surface area contributed by atoms with Crippen molar-refractivity contribution < 1.29 is 17.7 Å². The van der Waals surface area contributed by atoms with Crippen LogP contribution < -0.4 is 4.74 Å². The zero-order valence-corrected chi connectivity index (χ0v) is 17.0. The Balaban J connectivity index is 1.50. The van der Waals surface area contributed by atoms with E-state index in [9.17, 15) is 8.42 Å². The largest absolute Gasteiger partial charge is 0.495 e. The number of rotatable bonds is 6. The molecule has 28 heavy (non-hydrogen) atoms. The smallest absolute Gasteiger partial charge is 0.230 e. The first-order valence-electron chi connectivity index (χ1n) is 8.80. The van der Waals surface area contributed by atoms with E-state index >= 15 is 0 Å². The lowest BCUT2D eigenvalue weighted by atomic mass is 10.1. The van der Waals surface area contributed by atoms with Crippen LogP contribution in [0.1, 0.15) is 41.1 Å². The summed E-state index contributed by atoms with van der Waals surface area (Å²) in [6.45, 7) is 0. The molecule has 1 aliphatic carbocycles. The highest BCUT2D eigenvalue weighted by molar-refractivity contribution is 7.90. The minimum atomic E-state index is -3.36. The summed E-state index contributed by atoms with van der Waals surface area (Å²) < 4.78 is 34.3. The van der Waals surface area contributed by atoms with E-state index in [2.05, 4.69) is 10.1 Å². The van der Waals surface area contributed by atoms with Gasteiger partial charge < -0.3 is 9.26 Å². The highest BCUT2D eigenvalue weighted by Crippen LogP contribution is 2.55. The van der Waals surface area contributed by atoms with Crippen molar-refractivity contribution in [1.29, 1.82) is 0 Å². The molecule has 0 amide bonds. The Bertz CT molecular complexity index is 1130. The zero-order chi connectivity index (χ0) is 19.9. The van der Waals surface area contributed by atoms with Gasteiger partial charge in [-0.15, -0.1) is 0 Å². The van der Waals surface area contributed by atoms with Crippen LogP contribution in [0.5, 0.6) is 5.75 Å². The third-order valence-corrected chi connectivity index (χ3v) is 6.37. The molecule has 0 spiro atoms. The zero-order valence-electron chi connectivity index (χ0n) is 15.4. The predicted octanol–water partition coefficient (Wildman–Crippen LogP) is 4.00. The summed E-state index contributed by atoms with van der Waals surface area (Å²) in [5.74, 6) is 1.96. The van der Waals surface area contributed by atoms with E-state index in [0.717, 1.165) is 28.8 Å². The average molecular weight is 419 g/mol. The van der Waals surface area contributed by atoms with Gasteiger partial charge in [-0.25, -0.2) is 8.42 Å². The summed E-state index contributed by atoms with van der Waals surface area (Å²) in [6.07, 6.45) is 2.51. The van der Waals surface area contributed by atoms with E-state index in [0.29, 0.717) is 29.8 Å². The minimum Gasteiger partial charge on any atom is -0.495 e. The van der Waals surface area contributed by atoms with Crippen molar-refractivity contribution in [3.05, 3.63) is 70.3 Å². The summed E-state index contributed by atoms with van der Waals surface area (Å²) in [5, 5.41) is 4.83. The monoisotopic (exact) mass is 418 g/mol. The molecule has 2 unspecified atom stereocenters. The number of aromatic nitrogens is 2. The summed E-state index contributed by atoms with van der Waals surface area (Å²) >= 11 is 6.28. The lowest BCUT2D eigenvalue weighted by molar-refractivity contribution is 0.373. The van der Waals surface area contributed by atoms with E-state index in [4.69, 9.17) is 20.9 Å². The third-order valence-electron chi connectivity index (χ3n) is 4.89. The number of hydrogen-bond donors (Lipinski definition) is 0. The Morgan fingerprint density at radius 1 is 1.21 bits per heavy atom. The van der Waals surface area contributed by atoms with Gasteiger partial charge in [-0.05, 0) is 41.7 Å².